The van der Waals surface area contributed by atoms with Crippen molar-refractivity contribution in [3.63, 3.8) is 0 Å². The van der Waals surface area contributed by atoms with Crippen LogP contribution < -0.4 is 9.47 Å². The first-order valence-corrected chi connectivity index (χ1v) is 10.2. The summed E-state index contributed by atoms with van der Waals surface area (Å²) in [5.74, 6) is 1.36. The molecule has 6 nitrogen and oxygen atoms in total. The van der Waals surface area contributed by atoms with E-state index in [4.69, 9.17) is 9.47 Å². The molecule has 0 spiro atoms. The van der Waals surface area contributed by atoms with E-state index in [0.717, 1.165) is 21.7 Å². The summed E-state index contributed by atoms with van der Waals surface area (Å²) in [4.78, 5) is 1.03. The number of fused-ring (bicyclic) bond motifs is 1. The Kier molecular flexibility index (Phi) is 3.54. The first-order valence-electron chi connectivity index (χ1n) is 7.44. The molecule has 0 unspecified atom stereocenters. The molecule has 0 saturated carbocycles. The monoisotopic (exact) mass is 364 g/mol. The number of aryl methyl sites for hydroxylation is 1. The summed E-state index contributed by atoms with van der Waals surface area (Å²) in [6.45, 7) is 2.20. The molecule has 0 amide bonds. The summed E-state index contributed by atoms with van der Waals surface area (Å²) in [7, 11) is -3.45. The molecule has 0 saturated heterocycles. The lowest BCUT2D eigenvalue weighted by molar-refractivity contribution is 0.174. The van der Waals surface area contributed by atoms with Crippen molar-refractivity contribution in [3.05, 3.63) is 45.6 Å². The quantitative estimate of drug-likeness (QED) is 0.840. The van der Waals surface area contributed by atoms with Gasteiger partial charge in [0.05, 0.1) is 12.0 Å². The molecule has 2 aromatic rings. The molecule has 0 fully saturated rings. The summed E-state index contributed by atoms with van der Waals surface area (Å²) in [6, 6.07) is 7.27. The fraction of sp³-hybridized carbons (Fsp3) is 0.312. The van der Waals surface area contributed by atoms with Crippen LogP contribution in [0.4, 0.5) is 0 Å². The number of rotatable bonds is 3. The lowest BCUT2D eigenvalue weighted by atomic mass is 10.0. The van der Waals surface area contributed by atoms with Crippen LogP contribution in [0.5, 0.6) is 11.5 Å². The van der Waals surface area contributed by atoms with E-state index in [1.807, 2.05) is 36.6 Å². The van der Waals surface area contributed by atoms with Gasteiger partial charge < -0.3 is 9.47 Å². The third kappa shape index (κ3) is 2.55. The van der Waals surface area contributed by atoms with E-state index in [1.165, 1.54) is 10.7 Å². The number of sulfonamides is 1. The number of nitrogens with zero attached hydrogens (tertiary/aromatic N) is 2. The van der Waals surface area contributed by atoms with Crippen LogP contribution >= 0.6 is 11.3 Å². The van der Waals surface area contributed by atoms with Crippen molar-refractivity contribution in [2.24, 2.45) is 5.10 Å². The van der Waals surface area contributed by atoms with Crippen LogP contribution in [0.3, 0.4) is 0 Å². The highest BCUT2D eigenvalue weighted by molar-refractivity contribution is 7.88. The van der Waals surface area contributed by atoms with Crippen molar-refractivity contribution in [2.75, 3.05) is 13.0 Å². The van der Waals surface area contributed by atoms with Crippen molar-refractivity contribution in [2.45, 2.75) is 19.4 Å². The summed E-state index contributed by atoms with van der Waals surface area (Å²) >= 11 is 1.56. The molecule has 24 heavy (non-hydrogen) atoms. The molecule has 3 heterocycles. The Bertz CT molecular complexity index is 933. The Balaban J connectivity index is 1.74. The molecular weight excluding hydrogens is 348 g/mol. The van der Waals surface area contributed by atoms with Crippen LogP contribution in [-0.2, 0) is 10.0 Å². The molecule has 2 aliphatic rings. The predicted octanol–water partition coefficient (Wildman–Crippen LogP) is 2.90. The molecule has 0 N–H and O–H groups in total. The van der Waals surface area contributed by atoms with E-state index in [1.54, 1.807) is 11.3 Å². The lowest BCUT2D eigenvalue weighted by Crippen LogP contribution is -2.25. The van der Waals surface area contributed by atoms with Gasteiger partial charge in [-0.05, 0) is 42.1 Å². The maximum atomic E-state index is 12.2. The molecule has 2 aliphatic heterocycles. The average molecular weight is 364 g/mol. The van der Waals surface area contributed by atoms with Gasteiger partial charge in [-0.2, -0.15) is 9.52 Å². The van der Waals surface area contributed by atoms with E-state index >= 15 is 0 Å². The van der Waals surface area contributed by atoms with Crippen LogP contribution in [0.1, 0.15) is 28.5 Å². The molecular formula is C16H16N2O4S2. The molecule has 8 heteroatoms. The Labute approximate surface area is 144 Å². The van der Waals surface area contributed by atoms with Crippen molar-refractivity contribution < 1.29 is 17.9 Å². The molecule has 1 atom stereocenters. The third-order valence-electron chi connectivity index (χ3n) is 4.12. The minimum Gasteiger partial charge on any atom is -0.454 e. The number of thiophene rings is 1. The normalized spacial score (nSPS) is 19.7. The van der Waals surface area contributed by atoms with Crippen molar-refractivity contribution in [3.8, 4) is 11.5 Å². The van der Waals surface area contributed by atoms with Crippen molar-refractivity contribution >= 4 is 27.1 Å². The largest absolute Gasteiger partial charge is 0.454 e. The maximum Gasteiger partial charge on any atom is 0.247 e. The minimum atomic E-state index is -3.45. The van der Waals surface area contributed by atoms with Gasteiger partial charge in [-0.25, -0.2) is 8.42 Å². The second kappa shape index (κ2) is 5.49. The molecule has 1 aromatic heterocycles. The van der Waals surface area contributed by atoms with Crippen molar-refractivity contribution in [1.29, 1.82) is 0 Å². The number of hydrogen-bond acceptors (Lipinski definition) is 6. The smallest absolute Gasteiger partial charge is 0.247 e. The Morgan fingerprint density at radius 1 is 1.25 bits per heavy atom. The summed E-state index contributed by atoms with van der Waals surface area (Å²) in [5.41, 5.74) is 2.67. The van der Waals surface area contributed by atoms with Gasteiger partial charge in [-0.1, -0.05) is 0 Å². The Morgan fingerprint density at radius 2 is 2.04 bits per heavy atom. The van der Waals surface area contributed by atoms with Crippen LogP contribution in [-0.4, -0.2) is 31.6 Å². The van der Waals surface area contributed by atoms with E-state index in [2.05, 4.69) is 5.10 Å². The number of ether oxygens (including phenoxy) is 2. The summed E-state index contributed by atoms with van der Waals surface area (Å²) < 4.78 is 36.3. The number of benzene rings is 1. The fourth-order valence-corrected chi connectivity index (χ4v) is 4.94. The molecule has 0 bridgehead atoms. The van der Waals surface area contributed by atoms with Gasteiger partial charge in [0.1, 0.15) is 6.04 Å². The van der Waals surface area contributed by atoms with E-state index in [-0.39, 0.29) is 12.8 Å². The second-order valence-corrected chi connectivity index (χ2v) is 8.63. The zero-order valence-corrected chi connectivity index (χ0v) is 14.9. The van der Waals surface area contributed by atoms with Gasteiger partial charge in [0.15, 0.2) is 11.5 Å². The standard InChI is InChI=1S/C16H16N2O4S2/c1-10-5-6-23-16(10)13-8-12(17-18(13)24(2,19)20)11-3-4-14-15(7-11)22-9-21-14/h3-7,13H,8-9H2,1-2H3/t13-/m1/s1. The first kappa shape index (κ1) is 15.5. The highest BCUT2D eigenvalue weighted by atomic mass is 32.2. The van der Waals surface area contributed by atoms with Crippen LogP contribution in [0.25, 0.3) is 0 Å². The van der Waals surface area contributed by atoms with Gasteiger partial charge in [0.25, 0.3) is 0 Å². The summed E-state index contributed by atoms with van der Waals surface area (Å²) in [5, 5.41) is 6.38. The van der Waals surface area contributed by atoms with Crippen LogP contribution in [0.2, 0.25) is 0 Å². The zero-order valence-electron chi connectivity index (χ0n) is 13.2. The fourth-order valence-electron chi connectivity index (χ4n) is 2.97. The highest BCUT2D eigenvalue weighted by Gasteiger charge is 2.36. The van der Waals surface area contributed by atoms with E-state index in [0.29, 0.717) is 17.9 Å². The molecule has 1 aromatic carbocycles. The van der Waals surface area contributed by atoms with Gasteiger partial charge in [0.2, 0.25) is 16.8 Å². The van der Waals surface area contributed by atoms with Gasteiger partial charge in [-0.15, -0.1) is 11.3 Å². The molecule has 126 valence electrons. The Hall–Kier alpha value is -2.06. The second-order valence-electron chi connectivity index (χ2n) is 5.84. The van der Waals surface area contributed by atoms with Gasteiger partial charge >= 0.3 is 0 Å². The molecule has 0 aliphatic carbocycles. The average Bonchev–Trinajstić information content (AvgIpc) is 3.23. The lowest BCUT2D eigenvalue weighted by Gasteiger charge is -2.20. The summed E-state index contributed by atoms with van der Waals surface area (Å²) in [6.07, 6.45) is 1.73. The van der Waals surface area contributed by atoms with E-state index < -0.39 is 10.0 Å². The zero-order chi connectivity index (χ0) is 16.9. The third-order valence-corrected chi connectivity index (χ3v) is 6.26. The predicted molar refractivity (Wildman–Crippen MR) is 92.2 cm³/mol. The first-order chi connectivity index (χ1) is 11.4. The van der Waals surface area contributed by atoms with E-state index in [9.17, 15) is 8.42 Å². The van der Waals surface area contributed by atoms with Gasteiger partial charge in [-0.3, -0.25) is 0 Å². The SMILES string of the molecule is Cc1ccsc1[C@H]1CC(c2ccc3c(c2)OCO3)=NN1S(C)(=O)=O. The Morgan fingerprint density at radius 3 is 2.75 bits per heavy atom. The van der Waals surface area contributed by atoms with Crippen LogP contribution in [0.15, 0.2) is 34.7 Å². The van der Waals surface area contributed by atoms with Crippen molar-refractivity contribution in [1.82, 2.24) is 4.41 Å². The highest BCUT2D eigenvalue weighted by Crippen LogP contribution is 2.40. The molecule has 0 radical (unpaired) electrons. The topological polar surface area (TPSA) is 68.2 Å². The number of hydrogen-bond donors (Lipinski definition) is 0. The maximum absolute atomic E-state index is 12.2. The molecule has 4 rings (SSSR count). The van der Waals surface area contributed by atoms with Gasteiger partial charge in [0, 0.05) is 16.9 Å². The number of hydrazone groups is 1. The van der Waals surface area contributed by atoms with Crippen LogP contribution in [0, 0.1) is 6.92 Å². The minimum absolute atomic E-state index is 0.206.